The van der Waals surface area contributed by atoms with E-state index in [9.17, 15) is 27.5 Å². The Labute approximate surface area is 138 Å². The molecule has 23 heavy (non-hydrogen) atoms. The molecule has 0 saturated carbocycles. The molecule has 0 spiro atoms. The average molecular weight is 373 g/mol. The van der Waals surface area contributed by atoms with Crippen LogP contribution in [-0.4, -0.2) is 40.3 Å². The molecule has 0 bridgehead atoms. The number of amides is 1. The summed E-state index contributed by atoms with van der Waals surface area (Å²) in [5.41, 5.74) is -3.99. The Kier molecular flexibility index (Phi) is 5.17. The van der Waals surface area contributed by atoms with Gasteiger partial charge in [0.1, 0.15) is 5.71 Å². The first-order valence-electron chi connectivity index (χ1n) is 6.28. The van der Waals surface area contributed by atoms with Crippen LogP contribution < -0.4 is 0 Å². The summed E-state index contributed by atoms with van der Waals surface area (Å²) in [6.07, 6.45) is -8.35. The lowest BCUT2D eigenvalue weighted by Gasteiger charge is -2.30. The van der Waals surface area contributed by atoms with Crippen LogP contribution in [0.3, 0.4) is 0 Å². The molecule has 1 N–H and O–H groups in total. The van der Waals surface area contributed by atoms with Gasteiger partial charge in [-0.15, -0.1) is 0 Å². The number of halogens is 6. The highest BCUT2D eigenvalue weighted by Crippen LogP contribution is 2.34. The van der Waals surface area contributed by atoms with E-state index in [1.165, 1.54) is 18.2 Å². The third-order valence-electron chi connectivity index (χ3n) is 3.26. The molecule has 0 aliphatic carbocycles. The second-order valence-corrected chi connectivity index (χ2v) is 5.64. The predicted octanol–water partition coefficient (Wildman–Crippen LogP) is 3.34. The van der Waals surface area contributed by atoms with Crippen LogP contribution in [0.25, 0.3) is 0 Å². The molecule has 1 aromatic rings. The zero-order valence-corrected chi connectivity index (χ0v) is 12.8. The van der Waals surface area contributed by atoms with Gasteiger partial charge in [0, 0.05) is 16.5 Å². The first kappa shape index (κ1) is 18.0. The van der Waals surface area contributed by atoms with Crippen molar-refractivity contribution in [2.75, 3.05) is 0 Å². The van der Waals surface area contributed by atoms with Crippen LogP contribution in [0.2, 0.25) is 10.0 Å². The molecule has 1 heterocycles. The van der Waals surface area contributed by atoms with E-state index in [4.69, 9.17) is 23.2 Å². The smallest absolute Gasteiger partial charge is 0.287 e. The number of alkyl halides is 4. The van der Waals surface area contributed by atoms with Crippen LogP contribution in [0.5, 0.6) is 0 Å². The highest BCUT2D eigenvalue weighted by molar-refractivity contribution is 6.36. The van der Waals surface area contributed by atoms with Crippen molar-refractivity contribution >= 4 is 34.8 Å². The number of hydrogen-bond acceptors (Lipinski definition) is 3. The van der Waals surface area contributed by atoms with Crippen LogP contribution in [0.15, 0.2) is 23.3 Å². The minimum atomic E-state index is -3.48. The van der Waals surface area contributed by atoms with Gasteiger partial charge in [-0.25, -0.2) is 17.6 Å². The van der Waals surface area contributed by atoms with E-state index in [1.54, 1.807) is 0 Å². The summed E-state index contributed by atoms with van der Waals surface area (Å²) in [7, 11) is 0. The van der Waals surface area contributed by atoms with E-state index in [0.717, 1.165) is 0 Å². The van der Waals surface area contributed by atoms with Gasteiger partial charge in [-0.2, -0.15) is 10.1 Å². The molecule has 1 aliphatic rings. The summed E-state index contributed by atoms with van der Waals surface area (Å²) < 4.78 is 51.5. The zero-order valence-electron chi connectivity index (χ0n) is 11.3. The largest absolute Gasteiger partial charge is 0.364 e. The Bertz CT molecular complexity index is 637. The summed E-state index contributed by atoms with van der Waals surface area (Å²) in [6.45, 7) is 0. The molecule has 4 nitrogen and oxygen atoms in total. The van der Waals surface area contributed by atoms with E-state index < -0.39 is 43.0 Å². The molecule has 1 aromatic carbocycles. The van der Waals surface area contributed by atoms with Gasteiger partial charge in [-0.05, 0) is 17.7 Å². The summed E-state index contributed by atoms with van der Waals surface area (Å²) in [4.78, 5) is 12.2. The fourth-order valence-electron chi connectivity index (χ4n) is 2.08. The summed E-state index contributed by atoms with van der Waals surface area (Å²) >= 11 is 11.7. The van der Waals surface area contributed by atoms with E-state index in [-0.39, 0.29) is 20.6 Å². The molecule has 2 rings (SSSR count). The highest BCUT2D eigenvalue weighted by atomic mass is 35.5. The number of rotatable bonds is 4. The Balaban J connectivity index is 2.32. The van der Waals surface area contributed by atoms with Crippen molar-refractivity contribution in [2.24, 2.45) is 5.10 Å². The van der Waals surface area contributed by atoms with Crippen molar-refractivity contribution in [3.05, 3.63) is 33.8 Å². The molecule has 1 atom stereocenters. The lowest BCUT2D eigenvalue weighted by Crippen LogP contribution is -2.52. The molecular formula is C13H10Cl2F4N2O2. The molecule has 126 valence electrons. The maximum Gasteiger partial charge on any atom is 0.287 e. The van der Waals surface area contributed by atoms with Crippen LogP contribution in [-0.2, 0) is 11.2 Å². The molecule has 0 fully saturated rings. The minimum absolute atomic E-state index is 0.0151. The van der Waals surface area contributed by atoms with Gasteiger partial charge in [0.25, 0.3) is 12.9 Å². The van der Waals surface area contributed by atoms with Gasteiger partial charge >= 0.3 is 0 Å². The lowest BCUT2D eigenvalue weighted by atomic mass is 10.1. The maximum atomic E-state index is 13.1. The second kappa shape index (κ2) is 6.62. The number of carbonyl (C=O) groups excluding carboxylic acids is 1. The first-order valence-corrected chi connectivity index (χ1v) is 7.04. The Morgan fingerprint density at radius 2 is 1.87 bits per heavy atom. The van der Waals surface area contributed by atoms with Gasteiger partial charge in [0.05, 0.1) is 6.42 Å². The van der Waals surface area contributed by atoms with Crippen molar-refractivity contribution in [2.45, 2.75) is 31.4 Å². The second-order valence-electron chi connectivity index (χ2n) is 4.83. The third-order valence-corrected chi connectivity index (χ3v) is 3.97. The number of nitrogens with zero attached hydrogens (tertiary/aromatic N) is 2. The molecule has 1 aliphatic heterocycles. The third kappa shape index (κ3) is 3.44. The van der Waals surface area contributed by atoms with Crippen molar-refractivity contribution in [3.63, 3.8) is 0 Å². The van der Waals surface area contributed by atoms with Crippen molar-refractivity contribution < 1.29 is 27.5 Å². The lowest BCUT2D eigenvalue weighted by molar-refractivity contribution is -0.191. The molecular weight excluding hydrogens is 363 g/mol. The normalized spacial score (nSPS) is 21.3. The van der Waals surface area contributed by atoms with E-state index in [1.807, 2.05) is 0 Å². The highest BCUT2D eigenvalue weighted by Gasteiger charge is 2.53. The molecule has 0 saturated heterocycles. The topological polar surface area (TPSA) is 52.9 Å². The van der Waals surface area contributed by atoms with Gasteiger partial charge in [0.15, 0.2) is 0 Å². The number of benzene rings is 1. The average Bonchev–Trinajstić information content (AvgIpc) is 2.83. The van der Waals surface area contributed by atoms with Crippen LogP contribution in [0.1, 0.15) is 12.0 Å². The van der Waals surface area contributed by atoms with Gasteiger partial charge < -0.3 is 5.11 Å². The molecule has 0 unspecified atom stereocenters. The summed E-state index contributed by atoms with van der Waals surface area (Å²) in [5.74, 6) is -1.13. The molecule has 0 aromatic heterocycles. The van der Waals surface area contributed by atoms with Crippen molar-refractivity contribution in [3.8, 4) is 0 Å². The van der Waals surface area contributed by atoms with E-state index in [0.29, 0.717) is 0 Å². The zero-order chi connectivity index (χ0) is 17.4. The Morgan fingerprint density at radius 1 is 1.30 bits per heavy atom. The quantitative estimate of drug-likeness (QED) is 0.824. The SMILES string of the molecule is O=C(Cc1c(Cl)cccc1Cl)N1N=C(C(F)F)C[C@]1(O)C(F)F. The number of hydrazone groups is 1. The minimum Gasteiger partial charge on any atom is -0.364 e. The summed E-state index contributed by atoms with van der Waals surface area (Å²) in [6, 6.07) is 4.36. The monoisotopic (exact) mass is 372 g/mol. The van der Waals surface area contributed by atoms with E-state index in [2.05, 4.69) is 5.10 Å². The number of aliphatic hydroxyl groups is 1. The number of carbonyl (C=O) groups is 1. The van der Waals surface area contributed by atoms with Gasteiger partial charge in [-0.1, -0.05) is 29.3 Å². The standard InChI is InChI=1S/C13H10Cl2F4N2O2/c14-7-2-1-3-8(15)6(7)4-10(22)21-13(23,12(18)19)5-9(20-21)11(16)17/h1-3,11-12,23H,4-5H2/t13-/m0/s1. The van der Waals surface area contributed by atoms with Gasteiger partial charge in [-0.3, -0.25) is 4.79 Å². The fourth-order valence-corrected chi connectivity index (χ4v) is 2.61. The van der Waals surface area contributed by atoms with Crippen molar-refractivity contribution in [1.29, 1.82) is 0 Å². The maximum absolute atomic E-state index is 13.1. The van der Waals surface area contributed by atoms with Crippen molar-refractivity contribution in [1.82, 2.24) is 5.01 Å². The van der Waals surface area contributed by atoms with Gasteiger partial charge in [0.2, 0.25) is 11.6 Å². The fraction of sp³-hybridized carbons (Fsp3) is 0.385. The molecule has 0 radical (unpaired) electrons. The summed E-state index contributed by atoms with van der Waals surface area (Å²) in [5, 5.41) is 13.2. The van der Waals surface area contributed by atoms with Crippen LogP contribution >= 0.6 is 23.2 Å². The van der Waals surface area contributed by atoms with Crippen LogP contribution in [0.4, 0.5) is 17.6 Å². The molecule has 10 heteroatoms. The van der Waals surface area contributed by atoms with E-state index >= 15 is 0 Å². The Hall–Kier alpha value is -1.38. The van der Waals surface area contributed by atoms with Crippen LogP contribution in [0, 0.1) is 0 Å². The first-order chi connectivity index (χ1) is 10.7. The molecule has 1 amide bonds. The Morgan fingerprint density at radius 3 is 2.35 bits per heavy atom. The predicted molar refractivity (Wildman–Crippen MR) is 76.0 cm³/mol. The number of hydrogen-bond donors (Lipinski definition) is 1.